The largest absolute Gasteiger partial charge is 0.457 e. The Hall–Kier alpha value is -1.78. The smallest absolute Gasteiger partial charge is 0.185 e. The number of benzene rings is 2. The van der Waals surface area contributed by atoms with Crippen molar-refractivity contribution in [2.24, 2.45) is 0 Å². The Morgan fingerprint density at radius 1 is 0.958 bits per heavy atom. The summed E-state index contributed by atoms with van der Waals surface area (Å²) in [6, 6.07) is 14.5. The minimum Gasteiger partial charge on any atom is -0.457 e. The van der Waals surface area contributed by atoms with E-state index in [0.717, 1.165) is 37.4 Å². The van der Waals surface area contributed by atoms with E-state index in [1.165, 1.54) is 16.7 Å². The molecule has 0 spiro atoms. The van der Waals surface area contributed by atoms with Crippen LogP contribution in [0.4, 0.5) is 0 Å². The molecule has 0 atom stereocenters. The van der Waals surface area contributed by atoms with E-state index >= 15 is 0 Å². The Bertz CT molecular complexity index is 664. The number of aryl methyl sites for hydroxylation is 2. The van der Waals surface area contributed by atoms with E-state index in [4.69, 9.17) is 9.47 Å². The van der Waals surface area contributed by atoms with Crippen molar-refractivity contribution < 1.29 is 9.47 Å². The van der Waals surface area contributed by atoms with Crippen molar-refractivity contribution >= 4 is 7.98 Å². The zero-order valence-corrected chi connectivity index (χ0v) is 14.9. The molecule has 1 saturated heterocycles. The van der Waals surface area contributed by atoms with Crippen molar-refractivity contribution in [3.8, 4) is 11.5 Å². The second-order valence-corrected chi connectivity index (χ2v) is 6.88. The lowest BCUT2D eigenvalue weighted by atomic mass is 10.0. The van der Waals surface area contributed by atoms with Gasteiger partial charge in [0, 0.05) is 0 Å². The van der Waals surface area contributed by atoms with Crippen LogP contribution >= 0.6 is 0 Å². The van der Waals surface area contributed by atoms with Gasteiger partial charge in [0.05, 0.1) is 12.7 Å². The zero-order chi connectivity index (χ0) is 16.9. The van der Waals surface area contributed by atoms with Crippen LogP contribution in [0.15, 0.2) is 42.5 Å². The molecule has 1 heterocycles. The molecule has 3 rings (SSSR count). The van der Waals surface area contributed by atoms with Crippen LogP contribution in [-0.2, 0) is 11.3 Å². The molecule has 1 fully saturated rings. The van der Waals surface area contributed by atoms with E-state index in [9.17, 15) is 0 Å². The van der Waals surface area contributed by atoms with Crippen molar-refractivity contribution in [3.63, 3.8) is 0 Å². The maximum absolute atomic E-state index is 6.11. The van der Waals surface area contributed by atoms with Gasteiger partial charge in [0.2, 0.25) is 0 Å². The monoisotopic (exact) mass is 323 g/mol. The van der Waals surface area contributed by atoms with Gasteiger partial charge < -0.3 is 14.3 Å². The number of nitrogens with zero attached hydrogens (tertiary/aromatic N) is 1. The number of hydrogen-bond acceptors (Lipinski definition) is 3. The number of hydrogen-bond donors (Lipinski definition) is 0. The molecule has 2 aromatic rings. The summed E-state index contributed by atoms with van der Waals surface area (Å²) < 4.78 is 12.1. The van der Waals surface area contributed by atoms with E-state index in [-0.39, 0.29) is 0 Å². The Morgan fingerprint density at radius 3 is 2.38 bits per heavy atom. The first-order valence-corrected chi connectivity index (χ1v) is 8.74. The van der Waals surface area contributed by atoms with Crippen molar-refractivity contribution in [1.82, 2.24) is 4.81 Å². The van der Waals surface area contributed by atoms with Crippen molar-refractivity contribution in [2.75, 3.05) is 13.1 Å². The fourth-order valence-electron chi connectivity index (χ4n) is 3.07. The molecule has 0 bridgehead atoms. The summed E-state index contributed by atoms with van der Waals surface area (Å²) in [7, 11) is 2.17. The van der Waals surface area contributed by atoms with E-state index in [0.29, 0.717) is 12.7 Å². The van der Waals surface area contributed by atoms with Gasteiger partial charge in [0.25, 0.3) is 0 Å². The summed E-state index contributed by atoms with van der Waals surface area (Å²) in [5.41, 5.74) is 3.61. The summed E-state index contributed by atoms with van der Waals surface area (Å²) in [4.78, 5) is 2.36. The van der Waals surface area contributed by atoms with Gasteiger partial charge in [-0.25, -0.2) is 0 Å². The van der Waals surface area contributed by atoms with Gasteiger partial charge in [-0.05, 0) is 75.2 Å². The zero-order valence-electron chi connectivity index (χ0n) is 14.9. The second kappa shape index (κ2) is 7.86. The Morgan fingerprint density at radius 2 is 1.67 bits per heavy atom. The number of rotatable bonds is 5. The predicted octanol–water partition coefficient (Wildman–Crippen LogP) is 3.62. The summed E-state index contributed by atoms with van der Waals surface area (Å²) in [5.74, 6) is 1.74. The lowest BCUT2D eigenvalue weighted by Crippen LogP contribution is -2.35. The standard InChI is InChI=1S/C20H26BNO2/c1-15-3-5-19(6-4-15)24-20-12-16(2)11-17(13-20)14-23-18-7-9-22(21)10-8-18/h3-6,11-13,18H,7-10,14,21H2,1-2H3. The van der Waals surface area contributed by atoms with Crippen LogP contribution in [-0.4, -0.2) is 32.0 Å². The fourth-order valence-corrected chi connectivity index (χ4v) is 3.07. The molecule has 0 saturated carbocycles. The Balaban J connectivity index is 1.62. The third kappa shape index (κ3) is 4.86. The molecule has 2 aromatic carbocycles. The van der Waals surface area contributed by atoms with Gasteiger partial charge in [0.1, 0.15) is 11.5 Å². The van der Waals surface area contributed by atoms with Crippen molar-refractivity contribution in [2.45, 2.75) is 39.4 Å². The molecule has 0 aliphatic carbocycles. The topological polar surface area (TPSA) is 21.7 Å². The molecule has 126 valence electrons. The SMILES string of the molecule is BN1CCC(OCc2cc(C)cc(Oc3ccc(C)cc3)c2)CC1. The summed E-state index contributed by atoms with van der Waals surface area (Å²) in [6.45, 7) is 7.08. The molecular formula is C20H26BNO2. The maximum atomic E-state index is 6.11. The molecule has 0 aromatic heterocycles. The van der Waals surface area contributed by atoms with Crippen LogP contribution in [0.25, 0.3) is 0 Å². The molecule has 0 N–H and O–H groups in total. The van der Waals surface area contributed by atoms with Crippen molar-refractivity contribution in [1.29, 1.82) is 0 Å². The Labute approximate surface area is 146 Å². The van der Waals surface area contributed by atoms with Crippen LogP contribution < -0.4 is 4.74 Å². The van der Waals surface area contributed by atoms with Gasteiger partial charge >= 0.3 is 0 Å². The Kier molecular flexibility index (Phi) is 5.59. The number of piperidine rings is 1. The number of ether oxygens (including phenoxy) is 2. The molecule has 24 heavy (non-hydrogen) atoms. The predicted molar refractivity (Wildman–Crippen MR) is 100 cm³/mol. The summed E-state index contributed by atoms with van der Waals surface area (Å²) in [5, 5.41) is 0. The molecule has 0 radical (unpaired) electrons. The first-order valence-electron chi connectivity index (χ1n) is 8.74. The van der Waals surface area contributed by atoms with Gasteiger partial charge in [0.15, 0.2) is 7.98 Å². The third-order valence-corrected chi connectivity index (χ3v) is 4.52. The van der Waals surface area contributed by atoms with Crippen LogP contribution in [0.3, 0.4) is 0 Å². The quantitative estimate of drug-likeness (QED) is 0.785. The molecule has 0 unspecified atom stereocenters. The van der Waals surface area contributed by atoms with Crippen LogP contribution in [0.1, 0.15) is 29.5 Å². The first-order chi connectivity index (χ1) is 11.6. The molecular weight excluding hydrogens is 297 g/mol. The average Bonchev–Trinajstić information content (AvgIpc) is 2.56. The van der Waals surface area contributed by atoms with Gasteiger partial charge in [-0.3, -0.25) is 0 Å². The van der Waals surface area contributed by atoms with E-state index in [1.54, 1.807) is 0 Å². The third-order valence-electron chi connectivity index (χ3n) is 4.52. The lowest BCUT2D eigenvalue weighted by Gasteiger charge is -2.29. The van der Waals surface area contributed by atoms with E-state index in [1.807, 2.05) is 12.1 Å². The van der Waals surface area contributed by atoms with Gasteiger partial charge in [-0.1, -0.05) is 23.8 Å². The highest BCUT2D eigenvalue weighted by Gasteiger charge is 2.16. The van der Waals surface area contributed by atoms with Gasteiger partial charge in [-0.15, -0.1) is 0 Å². The maximum Gasteiger partial charge on any atom is 0.185 e. The highest BCUT2D eigenvalue weighted by Crippen LogP contribution is 2.25. The van der Waals surface area contributed by atoms with E-state index in [2.05, 4.69) is 57.0 Å². The molecule has 4 heteroatoms. The second-order valence-electron chi connectivity index (χ2n) is 6.88. The fraction of sp³-hybridized carbons (Fsp3) is 0.400. The average molecular weight is 323 g/mol. The summed E-state index contributed by atoms with van der Waals surface area (Å²) in [6.07, 6.45) is 2.62. The lowest BCUT2D eigenvalue weighted by molar-refractivity contribution is 0.0102. The van der Waals surface area contributed by atoms with Crippen molar-refractivity contribution in [3.05, 3.63) is 59.2 Å². The highest BCUT2D eigenvalue weighted by atomic mass is 16.5. The van der Waals surface area contributed by atoms with Crippen LogP contribution in [0, 0.1) is 13.8 Å². The molecule has 1 aliphatic heterocycles. The molecule has 0 amide bonds. The minimum atomic E-state index is 0.378. The highest BCUT2D eigenvalue weighted by molar-refractivity contribution is 6.04. The van der Waals surface area contributed by atoms with Gasteiger partial charge in [-0.2, -0.15) is 0 Å². The van der Waals surface area contributed by atoms with Crippen LogP contribution in [0.2, 0.25) is 0 Å². The molecule has 1 aliphatic rings. The van der Waals surface area contributed by atoms with Crippen LogP contribution in [0.5, 0.6) is 11.5 Å². The minimum absolute atomic E-state index is 0.378. The van der Waals surface area contributed by atoms with E-state index < -0.39 is 0 Å². The summed E-state index contributed by atoms with van der Waals surface area (Å²) >= 11 is 0. The normalized spacial score (nSPS) is 16.2. The molecule has 3 nitrogen and oxygen atoms in total. The first kappa shape index (κ1) is 17.1.